The molecule has 3 aromatic rings. The van der Waals surface area contributed by atoms with E-state index in [1.165, 1.54) is 0 Å². The lowest BCUT2D eigenvalue weighted by Crippen LogP contribution is -2.41. The van der Waals surface area contributed by atoms with E-state index in [2.05, 4.69) is 20.4 Å². The molecule has 28 heavy (non-hydrogen) atoms. The minimum absolute atomic E-state index is 0.00947. The Kier molecular flexibility index (Phi) is 5.30. The first-order chi connectivity index (χ1) is 13.6. The van der Waals surface area contributed by atoms with Crippen LogP contribution in [0.15, 0.2) is 53.1 Å². The molecule has 0 bridgehead atoms. The van der Waals surface area contributed by atoms with Gasteiger partial charge in [0, 0.05) is 23.8 Å². The van der Waals surface area contributed by atoms with Gasteiger partial charge in [0.05, 0.1) is 12.2 Å². The van der Waals surface area contributed by atoms with E-state index >= 15 is 0 Å². The Labute approximate surface area is 168 Å². The van der Waals surface area contributed by atoms with E-state index in [9.17, 15) is 4.79 Å². The first-order valence-electron chi connectivity index (χ1n) is 9.30. The van der Waals surface area contributed by atoms with Crippen molar-refractivity contribution in [3.63, 3.8) is 0 Å². The molecule has 1 saturated heterocycles. The van der Waals surface area contributed by atoms with Crippen LogP contribution in [-0.2, 0) is 4.79 Å². The number of hydrogen-bond acceptors (Lipinski definition) is 5. The average Bonchev–Trinajstić information content (AvgIpc) is 3.26. The lowest BCUT2D eigenvalue weighted by atomic mass is 9.97. The molecule has 0 saturated carbocycles. The Morgan fingerprint density at radius 3 is 2.86 bits per heavy atom. The Morgan fingerprint density at radius 1 is 1.21 bits per heavy atom. The number of piperidine rings is 1. The SMILES string of the molecule is Cc1c(Cl)cccc1NC(=O)C1CCCN(c2ccc(-c3ccco3)nn2)C1. The van der Waals surface area contributed by atoms with Gasteiger partial charge in [-0.2, -0.15) is 0 Å². The Morgan fingerprint density at radius 2 is 2.11 bits per heavy atom. The van der Waals surface area contributed by atoms with Gasteiger partial charge < -0.3 is 14.6 Å². The molecule has 6 nitrogen and oxygen atoms in total. The van der Waals surface area contributed by atoms with Crippen LogP contribution in [0.1, 0.15) is 18.4 Å². The zero-order valence-corrected chi connectivity index (χ0v) is 16.3. The summed E-state index contributed by atoms with van der Waals surface area (Å²) in [5.74, 6) is 1.35. The fourth-order valence-electron chi connectivity index (χ4n) is 3.43. The minimum atomic E-state index is -0.112. The average molecular weight is 397 g/mol. The highest BCUT2D eigenvalue weighted by atomic mass is 35.5. The lowest BCUT2D eigenvalue weighted by Gasteiger charge is -2.32. The lowest BCUT2D eigenvalue weighted by molar-refractivity contribution is -0.120. The minimum Gasteiger partial charge on any atom is -0.463 e. The van der Waals surface area contributed by atoms with Gasteiger partial charge in [-0.3, -0.25) is 4.79 Å². The summed E-state index contributed by atoms with van der Waals surface area (Å²) < 4.78 is 5.35. The highest BCUT2D eigenvalue weighted by Crippen LogP contribution is 2.27. The smallest absolute Gasteiger partial charge is 0.229 e. The molecule has 2 aromatic heterocycles. The molecule has 1 unspecified atom stereocenters. The maximum Gasteiger partial charge on any atom is 0.229 e. The fourth-order valence-corrected chi connectivity index (χ4v) is 3.60. The molecule has 7 heteroatoms. The van der Waals surface area contributed by atoms with Crippen LogP contribution in [0.3, 0.4) is 0 Å². The third-order valence-corrected chi connectivity index (χ3v) is 5.48. The Balaban J connectivity index is 1.44. The van der Waals surface area contributed by atoms with E-state index in [1.54, 1.807) is 6.26 Å². The van der Waals surface area contributed by atoms with Crippen molar-refractivity contribution in [1.82, 2.24) is 10.2 Å². The third kappa shape index (κ3) is 3.87. The van der Waals surface area contributed by atoms with Crippen molar-refractivity contribution in [3.8, 4) is 11.5 Å². The number of aromatic nitrogens is 2. The number of nitrogens with one attached hydrogen (secondary N) is 1. The maximum absolute atomic E-state index is 12.8. The van der Waals surface area contributed by atoms with Gasteiger partial charge in [-0.15, -0.1) is 10.2 Å². The number of rotatable bonds is 4. The Hall–Kier alpha value is -2.86. The van der Waals surface area contributed by atoms with E-state index in [-0.39, 0.29) is 11.8 Å². The van der Waals surface area contributed by atoms with Gasteiger partial charge in [0.25, 0.3) is 0 Å². The zero-order valence-electron chi connectivity index (χ0n) is 15.6. The highest BCUT2D eigenvalue weighted by Gasteiger charge is 2.27. The van der Waals surface area contributed by atoms with Crippen LogP contribution in [0.25, 0.3) is 11.5 Å². The van der Waals surface area contributed by atoms with Crippen molar-refractivity contribution in [2.24, 2.45) is 5.92 Å². The Bertz CT molecular complexity index is 957. The fraction of sp³-hybridized carbons (Fsp3) is 0.286. The van der Waals surface area contributed by atoms with E-state index in [0.717, 1.165) is 36.5 Å². The highest BCUT2D eigenvalue weighted by molar-refractivity contribution is 6.31. The zero-order chi connectivity index (χ0) is 19.5. The summed E-state index contributed by atoms with van der Waals surface area (Å²) in [6.07, 6.45) is 3.38. The molecule has 0 spiro atoms. The molecule has 1 atom stereocenters. The molecule has 1 fully saturated rings. The molecule has 0 radical (unpaired) electrons. The molecular weight excluding hydrogens is 376 g/mol. The van der Waals surface area contributed by atoms with Crippen LogP contribution < -0.4 is 10.2 Å². The molecule has 1 aliphatic heterocycles. The van der Waals surface area contributed by atoms with Crippen LogP contribution in [0, 0.1) is 12.8 Å². The predicted molar refractivity (Wildman–Crippen MR) is 109 cm³/mol. The van der Waals surface area contributed by atoms with Gasteiger partial charge in [-0.25, -0.2) is 0 Å². The van der Waals surface area contributed by atoms with E-state index < -0.39 is 0 Å². The third-order valence-electron chi connectivity index (χ3n) is 5.07. The van der Waals surface area contributed by atoms with Crippen molar-refractivity contribution in [2.45, 2.75) is 19.8 Å². The second-order valence-corrected chi connectivity index (χ2v) is 7.35. The molecule has 4 rings (SSSR count). The van der Waals surface area contributed by atoms with Gasteiger partial charge in [-0.05, 0) is 61.7 Å². The molecule has 144 valence electrons. The van der Waals surface area contributed by atoms with Crippen LogP contribution in [0.2, 0.25) is 5.02 Å². The van der Waals surface area contributed by atoms with Crippen LogP contribution in [0.5, 0.6) is 0 Å². The molecule has 1 aromatic carbocycles. The monoisotopic (exact) mass is 396 g/mol. The summed E-state index contributed by atoms with van der Waals surface area (Å²) in [7, 11) is 0. The van der Waals surface area contributed by atoms with Gasteiger partial charge in [0.15, 0.2) is 11.6 Å². The summed E-state index contributed by atoms with van der Waals surface area (Å²) in [6.45, 7) is 3.37. The molecule has 1 amide bonds. The van der Waals surface area contributed by atoms with Gasteiger partial charge >= 0.3 is 0 Å². The first kappa shape index (κ1) is 18.5. The summed E-state index contributed by atoms with van der Waals surface area (Å²) >= 11 is 6.15. The number of hydrogen-bond donors (Lipinski definition) is 1. The van der Waals surface area contributed by atoms with Crippen molar-refractivity contribution >= 4 is 29.0 Å². The van der Waals surface area contributed by atoms with Crippen molar-refractivity contribution in [1.29, 1.82) is 0 Å². The summed E-state index contributed by atoms with van der Waals surface area (Å²) in [6, 6.07) is 13.0. The van der Waals surface area contributed by atoms with Gasteiger partial charge in [-0.1, -0.05) is 17.7 Å². The maximum atomic E-state index is 12.8. The summed E-state index contributed by atoms with van der Waals surface area (Å²) in [5, 5.41) is 12.3. The van der Waals surface area contributed by atoms with E-state index in [1.807, 2.05) is 49.4 Å². The van der Waals surface area contributed by atoms with Crippen molar-refractivity contribution < 1.29 is 9.21 Å². The normalized spacial score (nSPS) is 16.8. The second-order valence-electron chi connectivity index (χ2n) is 6.94. The molecule has 0 aliphatic carbocycles. The standard InChI is InChI=1S/C21H21ClN4O2/c1-14-16(22)6-2-7-17(14)23-21(27)15-5-3-11-26(13-15)20-10-9-18(24-25-20)19-8-4-12-28-19/h2,4,6-10,12,15H,3,5,11,13H2,1H3,(H,23,27). The van der Waals surface area contributed by atoms with Crippen molar-refractivity contribution in [3.05, 3.63) is 59.3 Å². The van der Waals surface area contributed by atoms with Crippen molar-refractivity contribution in [2.75, 3.05) is 23.3 Å². The largest absolute Gasteiger partial charge is 0.463 e. The number of carbonyl (C=O) groups excluding carboxylic acids is 1. The number of benzene rings is 1. The summed E-state index contributed by atoms with van der Waals surface area (Å²) in [4.78, 5) is 14.9. The predicted octanol–water partition coefficient (Wildman–Crippen LogP) is 4.55. The van der Waals surface area contributed by atoms with E-state index in [4.69, 9.17) is 16.0 Å². The van der Waals surface area contributed by atoms with E-state index in [0.29, 0.717) is 23.0 Å². The van der Waals surface area contributed by atoms with Crippen LogP contribution >= 0.6 is 11.6 Å². The molecule has 1 N–H and O–H groups in total. The second kappa shape index (κ2) is 8.02. The molecular formula is C21H21ClN4O2. The molecule has 3 heterocycles. The number of carbonyl (C=O) groups is 1. The van der Waals surface area contributed by atoms with Crippen LogP contribution in [0.4, 0.5) is 11.5 Å². The first-order valence-corrected chi connectivity index (χ1v) is 9.68. The number of amides is 1. The topological polar surface area (TPSA) is 71.3 Å². The number of anilines is 2. The van der Waals surface area contributed by atoms with Gasteiger partial charge in [0.2, 0.25) is 5.91 Å². The summed E-state index contributed by atoms with van der Waals surface area (Å²) in [5.41, 5.74) is 2.33. The molecule has 1 aliphatic rings. The number of nitrogens with zero attached hydrogens (tertiary/aromatic N) is 3. The number of furan rings is 1. The number of halogens is 1. The quantitative estimate of drug-likeness (QED) is 0.700. The van der Waals surface area contributed by atoms with Crippen LogP contribution in [-0.4, -0.2) is 29.2 Å². The van der Waals surface area contributed by atoms with Gasteiger partial charge in [0.1, 0.15) is 5.69 Å².